The van der Waals surface area contributed by atoms with Crippen molar-refractivity contribution in [3.05, 3.63) is 91.0 Å². The van der Waals surface area contributed by atoms with Gasteiger partial charge >= 0.3 is 0 Å². The third kappa shape index (κ3) is 8.55. The third-order valence-electron chi connectivity index (χ3n) is 6.98. The fourth-order valence-corrected chi connectivity index (χ4v) is 9.60. The number of rotatable bonds is 18. The van der Waals surface area contributed by atoms with Crippen LogP contribution in [0.5, 0.6) is 0 Å². The molecule has 3 aromatic carbocycles. The second kappa shape index (κ2) is 16.7. The lowest BCUT2D eigenvalue weighted by molar-refractivity contribution is -0.140. The summed E-state index contributed by atoms with van der Waals surface area (Å²) >= 11 is 0. The van der Waals surface area contributed by atoms with Crippen LogP contribution in [0.3, 0.4) is 0 Å². The molecule has 36 heavy (non-hydrogen) atoms. The third-order valence-corrected chi connectivity index (χ3v) is 11.5. The SMILES string of the molecule is CCOC(CCCCCCCCCC[P+](c1ccccc1)(c1ccccc1)c1ccccc1)OCC. The van der Waals surface area contributed by atoms with Crippen molar-refractivity contribution in [2.75, 3.05) is 19.4 Å². The molecule has 0 N–H and O–H groups in total. The summed E-state index contributed by atoms with van der Waals surface area (Å²) in [6, 6.07) is 33.8. The number of ether oxygens (including phenoxy) is 2. The fourth-order valence-electron chi connectivity index (χ4n) is 5.19. The average molecular weight is 506 g/mol. The standard InChI is InChI=1S/C33H46O2P/c1-3-34-33(35-4-2)28-20-9-7-5-6-8-10-21-29-36(30-22-14-11-15-23-30,31-24-16-12-17-25-31)32-26-18-13-19-27-32/h11-19,22-27,33H,3-10,20-21,28-29H2,1-2H3/q+1. The van der Waals surface area contributed by atoms with Gasteiger partial charge in [-0.3, -0.25) is 0 Å². The van der Waals surface area contributed by atoms with Crippen molar-refractivity contribution in [2.24, 2.45) is 0 Å². The summed E-state index contributed by atoms with van der Waals surface area (Å²) in [5.74, 6) is 0. The quantitative estimate of drug-likeness (QED) is 0.0994. The highest BCUT2D eigenvalue weighted by molar-refractivity contribution is 7.95. The molecule has 0 unspecified atom stereocenters. The summed E-state index contributed by atoms with van der Waals surface area (Å²) in [6.45, 7) is 5.54. The first-order valence-corrected chi connectivity index (χ1v) is 16.1. The van der Waals surface area contributed by atoms with E-state index in [0.717, 1.165) is 19.6 Å². The van der Waals surface area contributed by atoms with Gasteiger partial charge in [0.2, 0.25) is 0 Å². The number of benzene rings is 3. The second-order valence-electron chi connectivity index (χ2n) is 9.50. The molecule has 0 bridgehead atoms. The van der Waals surface area contributed by atoms with Crippen molar-refractivity contribution in [1.82, 2.24) is 0 Å². The van der Waals surface area contributed by atoms with Gasteiger partial charge in [-0.1, -0.05) is 86.7 Å². The van der Waals surface area contributed by atoms with Gasteiger partial charge in [0.1, 0.15) is 23.2 Å². The Balaban J connectivity index is 1.52. The van der Waals surface area contributed by atoms with E-state index in [0.29, 0.717) is 0 Å². The van der Waals surface area contributed by atoms with E-state index in [-0.39, 0.29) is 6.29 Å². The molecule has 0 aliphatic heterocycles. The minimum absolute atomic E-state index is 0.0116. The molecule has 2 nitrogen and oxygen atoms in total. The van der Waals surface area contributed by atoms with Gasteiger partial charge in [-0.15, -0.1) is 0 Å². The van der Waals surface area contributed by atoms with E-state index in [1.165, 1.54) is 73.4 Å². The summed E-state index contributed by atoms with van der Waals surface area (Å²) in [5.41, 5.74) is 0. The van der Waals surface area contributed by atoms with Crippen LogP contribution in [0.2, 0.25) is 0 Å². The van der Waals surface area contributed by atoms with Crippen LogP contribution in [0.25, 0.3) is 0 Å². The first-order valence-electron chi connectivity index (χ1n) is 14.1. The summed E-state index contributed by atoms with van der Waals surface area (Å²) in [5, 5.41) is 4.50. The van der Waals surface area contributed by atoms with Crippen molar-refractivity contribution < 1.29 is 9.47 Å². The maximum atomic E-state index is 5.66. The number of unbranched alkanes of at least 4 members (excludes halogenated alkanes) is 7. The Bertz CT molecular complexity index is 827. The predicted molar refractivity (Wildman–Crippen MR) is 159 cm³/mol. The molecule has 0 aromatic heterocycles. The summed E-state index contributed by atoms with van der Waals surface area (Å²) in [4.78, 5) is 0. The molecule has 0 spiro atoms. The van der Waals surface area contributed by atoms with Crippen molar-refractivity contribution in [3.8, 4) is 0 Å². The van der Waals surface area contributed by atoms with Gasteiger partial charge in [-0.05, 0) is 75.9 Å². The first kappa shape index (κ1) is 28.6. The Hall–Kier alpha value is -1.99. The molecule has 0 aliphatic carbocycles. The van der Waals surface area contributed by atoms with Crippen LogP contribution in [0, 0.1) is 0 Å². The van der Waals surface area contributed by atoms with Crippen LogP contribution in [-0.4, -0.2) is 25.7 Å². The fraction of sp³-hybridized carbons (Fsp3) is 0.455. The minimum atomic E-state index is -1.67. The molecule has 0 atom stereocenters. The largest absolute Gasteiger partial charge is 0.353 e. The average Bonchev–Trinajstić information content (AvgIpc) is 2.93. The highest BCUT2D eigenvalue weighted by atomic mass is 31.2. The maximum absolute atomic E-state index is 5.66. The van der Waals surface area contributed by atoms with E-state index in [1.54, 1.807) is 0 Å². The Kier molecular flexibility index (Phi) is 13.3. The Labute approximate surface area is 220 Å². The van der Waals surface area contributed by atoms with Crippen LogP contribution in [0.15, 0.2) is 91.0 Å². The molecule has 3 aromatic rings. The van der Waals surface area contributed by atoms with Gasteiger partial charge in [0.15, 0.2) is 6.29 Å². The minimum Gasteiger partial charge on any atom is -0.353 e. The van der Waals surface area contributed by atoms with Crippen molar-refractivity contribution in [3.63, 3.8) is 0 Å². The van der Waals surface area contributed by atoms with E-state index in [2.05, 4.69) is 91.0 Å². The van der Waals surface area contributed by atoms with Gasteiger partial charge in [-0.2, -0.15) is 0 Å². The van der Waals surface area contributed by atoms with Crippen LogP contribution < -0.4 is 15.9 Å². The summed E-state index contributed by atoms with van der Waals surface area (Å²) in [7, 11) is -1.67. The monoisotopic (exact) mass is 505 g/mol. The number of hydrogen-bond donors (Lipinski definition) is 0. The summed E-state index contributed by atoms with van der Waals surface area (Å²) < 4.78 is 11.3. The first-order chi connectivity index (χ1) is 17.8. The van der Waals surface area contributed by atoms with E-state index in [9.17, 15) is 0 Å². The molecule has 0 radical (unpaired) electrons. The Morgan fingerprint density at radius 3 is 1.25 bits per heavy atom. The van der Waals surface area contributed by atoms with Gasteiger partial charge in [-0.25, -0.2) is 0 Å². The molecule has 0 saturated carbocycles. The van der Waals surface area contributed by atoms with E-state index < -0.39 is 7.26 Å². The van der Waals surface area contributed by atoms with Crippen molar-refractivity contribution >= 4 is 23.2 Å². The van der Waals surface area contributed by atoms with E-state index in [1.807, 2.05) is 13.8 Å². The van der Waals surface area contributed by atoms with Gasteiger partial charge in [0.05, 0.1) is 6.16 Å². The molecule has 3 heteroatoms. The zero-order valence-electron chi connectivity index (χ0n) is 22.5. The van der Waals surface area contributed by atoms with E-state index >= 15 is 0 Å². The molecule has 3 rings (SSSR count). The lowest BCUT2D eigenvalue weighted by Crippen LogP contribution is -2.33. The molecule has 194 valence electrons. The lowest BCUT2D eigenvalue weighted by atomic mass is 10.1. The molecular weight excluding hydrogens is 459 g/mol. The molecule has 0 fully saturated rings. The van der Waals surface area contributed by atoms with Crippen LogP contribution in [0.4, 0.5) is 0 Å². The van der Waals surface area contributed by atoms with Gasteiger partial charge < -0.3 is 9.47 Å². The topological polar surface area (TPSA) is 18.5 Å². The van der Waals surface area contributed by atoms with Crippen molar-refractivity contribution in [1.29, 1.82) is 0 Å². The highest BCUT2D eigenvalue weighted by Gasteiger charge is 2.44. The van der Waals surface area contributed by atoms with Crippen LogP contribution in [-0.2, 0) is 9.47 Å². The molecule has 0 heterocycles. The zero-order chi connectivity index (χ0) is 25.3. The zero-order valence-corrected chi connectivity index (χ0v) is 23.4. The van der Waals surface area contributed by atoms with Gasteiger partial charge in [0.25, 0.3) is 0 Å². The Morgan fingerprint density at radius 2 is 0.861 bits per heavy atom. The van der Waals surface area contributed by atoms with Crippen LogP contribution in [0.1, 0.15) is 71.6 Å². The van der Waals surface area contributed by atoms with Crippen molar-refractivity contribution in [2.45, 2.75) is 77.9 Å². The van der Waals surface area contributed by atoms with Gasteiger partial charge in [0, 0.05) is 13.2 Å². The Morgan fingerprint density at radius 1 is 0.500 bits per heavy atom. The predicted octanol–water partition coefficient (Wildman–Crippen LogP) is 7.89. The normalized spacial score (nSPS) is 11.8. The molecular formula is C33H46O2P+. The van der Waals surface area contributed by atoms with E-state index in [4.69, 9.17) is 9.47 Å². The lowest BCUT2D eigenvalue weighted by Gasteiger charge is -2.27. The summed E-state index contributed by atoms with van der Waals surface area (Å²) in [6.07, 6.45) is 12.6. The van der Waals surface area contributed by atoms with Crippen LogP contribution >= 0.6 is 7.26 Å². The molecule has 0 amide bonds. The second-order valence-corrected chi connectivity index (χ2v) is 13.1. The molecule has 0 aliphatic rings. The smallest absolute Gasteiger partial charge is 0.157 e. The number of hydrogen-bond acceptors (Lipinski definition) is 2. The highest BCUT2D eigenvalue weighted by Crippen LogP contribution is 2.56. The molecule has 0 saturated heterocycles. The maximum Gasteiger partial charge on any atom is 0.157 e.